The number of amides is 1. The molecule has 0 bridgehead atoms. The third-order valence-electron chi connectivity index (χ3n) is 3.33. The van der Waals surface area contributed by atoms with Crippen molar-refractivity contribution in [2.75, 3.05) is 23.7 Å². The Kier molecular flexibility index (Phi) is 6.19. The Bertz CT molecular complexity index is 385. The first-order valence-electron chi connectivity index (χ1n) is 7.00. The molecule has 0 spiro atoms. The van der Waals surface area contributed by atoms with Gasteiger partial charge >= 0.3 is 0 Å². The zero-order valence-electron chi connectivity index (χ0n) is 12.1. The van der Waals surface area contributed by atoms with Crippen molar-refractivity contribution in [1.82, 2.24) is 5.32 Å². The van der Waals surface area contributed by atoms with Crippen molar-refractivity contribution in [2.24, 2.45) is 0 Å². The second kappa shape index (κ2) is 7.67. The van der Waals surface area contributed by atoms with Gasteiger partial charge in [0.2, 0.25) is 5.91 Å². The van der Waals surface area contributed by atoms with Gasteiger partial charge in [-0.3, -0.25) is 4.79 Å². The molecule has 1 aromatic carbocycles. The van der Waals surface area contributed by atoms with E-state index in [1.54, 1.807) is 0 Å². The Balaban J connectivity index is 2.61. The predicted octanol–water partition coefficient (Wildman–Crippen LogP) is 2.40. The number of benzene rings is 1. The number of likely N-dealkylation sites (N-methyl/N-ethyl adjacent to an activating group) is 1. The van der Waals surface area contributed by atoms with Crippen LogP contribution in [0.1, 0.15) is 33.6 Å². The van der Waals surface area contributed by atoms with Crippen molar-refractivity contribution in [3.8, 4) is 0 Å². The maximum absolute atomic E-state index is 12.0. The maximum Gasteiger partial charge on any atom is 0.239 e. The van der Waals surface area contributed by atoms with Crippen molar-refractivity contribution < 1.29 is 4.79 Å². The summed E-state index contributed by atoms with van der Waals surface area (Å²) < 4.78 is 0. The van der Waals surface area contributed by atoms with Gasteiger partial charge in [-0.15, -0.1) is 0 Å². The van der Waals surface area contributed by atoms with Crippen LogP contribution in [0, 0.1) is 0 Å². The highest BCUT2D eigenvalue weighted by molar-refractivity contribution is 5.81. The summed E-state index contributed by atoms with van der Waals surface area (Å²) in [5.41, 5.74) is 7.44. The number of hydrogen-bond acceptors (Lipinski definition) is 3. The van der Waals surface area contributed by atoms with Crippen molar-refractivity contribution in [2.45, 2.75) is 39.7 Å². The summed E-state index contributed by atoms with van der Waals surface area (Å²) in [6.45, 7) is 7.40. The summed E-state index contributed by atoms with van der Waals surface area (Å²) in [4.78, 5) is 14.0. The van der Waals surface area contributed by atoms with E-state index in [9.17, 15) is 4.79 Å². The SMILES string of the molecule is CCC(CC)NC(=O)CN(CC)c1ccc(N)cc1. The number of carbonyl (C=O) groups is 1. The molecule has 3 N–H and O–H groups in total. The molecule has 0 aliphatic carbocycles. The minimum Gasteiger partial charge on any atom is -0.399 e. The van der Waals surface area contributed by atoms with Gasteiger partial charge in [0.1, 0.15) is 0 Å². The smallest absolute Gasteiger partial charge is 0.239 e. The van der Waals surface area contributed by atoms with Gasteiger partial charge < -0.3 is 16.0 Å². The van der Waals surface area contributed by atoms with Crippen LogP contribution in [-0.4, -0.2) is 25.0 Å². The number of anilines is 2. The van der Waals surface area contributed by atoms with Gasteiger partial charge in [-0.1, -0.05) is 13.8 Å². The number of nitrogens with two attached hydrogens (primary N) is 1. The van der Waals surface area contributed by atoms with E-state index in [4.69, 9.17) is 5.73 Å². The summed E-state index contributed by atoms with van der Waals surface area (Å²) in [7, 11) is 0. The molecule has 0 aliphatic heterocycles. The molecule has 19 heavy (non-hydrogen) atoms. The van der Waals surface area contributed by atoms with Gasteiger partial charge in [-0.05, 0) is 44.0 Å². The molecule has 0 atom stereocenters. The fourth-order valence-electron chi connectivity index (χ4n) is 2.01. The number of rotatable bonds is 7. The number of carbonyl (C=O) groups excluding carboxylic acids is 1. The first-order valence-corrected chi connectivity index (χ1v) is 7.00. The number of nitrogens with zero attached hydrogens (tertiary/aromatic N) is 1. The first-order chi connectivity index (χ1) is 9.10. The average Bonchev–Trinajstić information content (AvgIpc) is 2.43. The second-order valence-electron chi connectivity index (χ2n) is 4.69. The van der Waals surface area contributed by atoms with Gasteiger partial charge in [-0.2, -0.15) is 0 Å². The van der Waals surface area contributed by atoms with Gasteiger partial charge in [-0.25, -0.2) is 0 Å². The van der Waals surface area contributed by atoms with Crippen LogP contribution < -0.4 is 16.0 Å². The molecule has 4 heteroatoms. The minimum absolute atomic E-state index is 0.0763. The van der Waals surface area contributed by atoms with E-state index in [0.29, 0.717) is 6.54 Å². The van der Waals surface area contributed by atoms with Gasteiger partial charge in [0.05, 0.1) is 6.54 Å². The maximum atomic E-state index is 12.0. The summed E-state index contributed by atoms with van der Waals surface area (Å²) in [5.74, 6) is 0.0763. The molecule has 0 aromatic heterocycles. The van der Waals surface area contributed by atoms with E-state index < -0.39 is 0 Å². The van der Waals surface area contributed by atoms with Crippen LogP contribution in [-0.2, 0) is 4.79 Å². The average molecular weight is 263 g/mol. The summed E-state index contributed by atoms with van der Waals surface area (Å²) in [5, 5.41) is 3.06. The van der Waals surface area contributed by atoms with Crippen LogP contribution in [0.25, 0.3) is 0 Å². The molecule has 0 saturated heterocycles. The molecule has 4 nitrogen and oxygen atoms in total. The summed E-state index contributed by atoms with van der Waals surface area (Å²) in [6.07, 6.45) is 1.94. The molecule has 0 aliphatic rings. The molecule has 0 radical (unpaired) electrons. The minimum atomic E-state index is 0.0763. The highest BCUT2D eigenvalue weighted by Gasteiger charge is 2.12. The van der Waals surface area contributed by atoms with E-state index in [0.717, 1.165) is 30.8 Å². The first kappa shape index (κ1) is 15.3. The van der Waals surface area contributed by atoms with E-state index in [2.05, 4.69) is 19.2 Å². The molecule has 1 rings (SSSR count). The number of hydrogen-bond donors (Lipinski definition) is 2. The number of nitrogen functional groups attached to an aromatic ring is 1. The highest BCUT2D eigenvalue weighted by atomic mass is 16.2. The molecular weight excluding hydrogens is 238 g/mol. The van der Waals surface area contributed by atoms with Crippen LogP contribution in [0.2, 0.25) is 0 Å². The van der Waals surface area contributed by atoms with Crippen LogP contribution in [0.4, 0.5) is 11.4 Å². The molecule has 1 amide bonds. The normalized spacial score (nSPS) is 10.5. The predicted molar refractivity (Wildman–Crippen MR) is 81.3 cm³/mol. The van der Waals surface area contributed by atoms with Crippen molar-refractivity contribution >= 4 is 17.3 Å². The van der Waals surface area contributed by atoms with Crippen LogP contribution in [0.5, 0.6) is 0 Å². The van der Waals surface area contributed by atoms with Crippen LogP contribution in [0.3, 0.4) is 0 Å². The Morgan fingerprint density at radius 2 is 1.79 bits per heavy atom. The summed E-state index contributed by atoms with van der Waals surface area (Å²) in [6, 6.07) is 7.89. The lowest BCUT2D eigenvalue weighted by Gasteiger charge is -2.24. The quantitative estimate of drug-likeness (QED) is 0.743. The standard InChI is InChI=1S/C15H25N3O/c1-4-13(5-2)17-15(19)11-18(6-3)14-9-7-12(16)8-10-14/h7-10,13H,4-6,11,16H2,1-3H3,(H,17,19). The zero-order valence-corrected chi connectivity index (χ0v) is 12.1. The fourth-order valence-corrected chi connectivity index (χ4v) is 2.01. The molecule has 106 valence electrons. The van der Waals surface area contributed by atoms with E-state index in [1.165, 1.54) is 0 Å². The molecule has 0 saturated carbocycles. The van der Waals surface area contributed by atoms with Crippen molar-refractivity contribution in [3.63, 3.8) is 0 Å². The Morgan fingerprint density at radius 3 is 2.26 bits per heavy atom. The second-order valence-corrected chi connectivity index (χ2v) is 4.69. The molecule has 0 fully saturated rings. The van der Waals surface area contributed by atoms with Crippen molar-refractivity contribution in [1.29, 1.82) is 0 Å². The Hall–Kier alpha value is -1.71. The molecule has 1 aromatic rings. The zero-order chi connectivity index (χ0) is 14.3. The Labute approximate surface area is 116 Å². The third kappa shape index (κ3) is 4.81. The van der Waals surface area contributed by atoms with Crippen LogP contribution in [0.15, 0.2) is 24.3 Å². The fraction of sp³-hybridized carbons (Fsp3) is 0.533. The van der Waals surface area contributed by atoms with Crippen LogP contribution >= 0.6 is 0 Å². The van der Waals surface area contributed by atoms with Crippen molar-refractivity contribution in [3.05, 3.63) is 24.3 Å². The lowest BCUT2D eigenvalue weighted by atomic mass is 10.2. The summed E-state index contributed by atoms with van der Waals surface area (Å²) >= 11 is 0. The molecule has 0 unspecified atom stereocenters. The molecular formula is C15H25N3O. The van der Waals surface area contributed by atoms with E-state index in [-0.39, 0.29) is 11.9 Å². The largest absolute Gasteiger partial charge is 0.399 e. The topological polar surface area (TPSA) is 58.4 Å². The monoisotopic (exact) mass is 263 g/mol. The Morgan fingerprint density at radius 1 is 1.21 bits per heavy atom. The van der Waals surface area contributed by atoms with Gasteiger partial charge in [0.15, 0.2) is 0 Å². The number of nitrogens with one attached hydrogen (secondary N) is 1. The van der Waals surface area contributed by atoms with Gasteiger partial charge in [0.25, 0.3) is 0 Å². The van der Waals surface area contributed by atoms with E-state index in [1.807, 2.05) is 36.1 Å². The molecule has 0 heterocycles. The lowest BCUT2D eigenvalue weighted by Crippen LogP contribution is -2.41. The van der Waals surface area contributed by atoms with E-state index >= 15 is 0 Å². The third-order valence-corrected chi connectivity index (χ3v) is 3.33. The van der Waals surface area contributed by atoms with Gasteiger partial charge in [0, 0.05) is 24.0 Å². The highest BCUT2D eigenvalue weighted by Crippen LogP contribution is 2.15. The lowest BCUT2D eigenvalue weighted by molar-refractivity contribution is -0.120.